The first-order chi connectivity index (χ1) is 6.16. The fourth-order valence-electron chi connectivity index (χ4n) is 1.37. The molecule has 0 saturated heterocycles. The van der Waals surface area contributed by atoms with E-state index in [-0.39, 0.29) is 0 Å². The Morgan fingerprint density at radius 3 is 2.62 bits per heavy atom. The van der Waals surface area contributed by atoms with E-state index in [9.17, 15) is 5.11 Å². The van der Waals surface area contributed by atoms with Crippen LogP contribution in [-0.2, 0) is 0 Å². The Hall–Kier alpha value is -1.08. The fourth-order valence-corrected chi connectivity index (χ4v) is 1.37. The molecule has 0 aliphatic carbocycles. The minimum absolute atomic E-state index is 0.417. The zero-order valence-corrected chi connectivity index (χ0v) is 8.25. The Morgan fingerprint density at radius 1 is 1.46 bits per heavy atom. The smallest absolute Gasteiger partial charge is 0.0767 e. The highest BCUT2D eigenvalue weighted by Gasteiger charge is 2.07. The van der Waals surface area contributed by atoms with Crippen LogP contribution >= 0.6 is 0 Å². The second-order valence-electron chi connectivity index (χ2n) is 3.22. The first kappa shape index (κ1) is 10.0. The van der Waals surface area contributed by atoms with Gasteiger partial charge in [0.05, 0.1) is 6.10 Å². The average molecular weight is 176 g/mol. The Morgan fingerprint density at radius 2 is 2.08 bits per heavy atom. The number of hydrogen-bond acceptors (Lipinski definition) is 1. The maximum atomic E-state index is 9.51. The van der Waals surface area contributed by atoms with Crippen molar-refractivity contribution in [2.75, 3.05) is 0 Å². The first-order valence-electron chi connectivity index (χ1n) is 4.62. The van der Waals surface area contributed by atoms with Crippen LogP contribution in [0, 0.1) is 0 Å². The van der Waals surface area contributed by atoms with Gasteiger partial charge in [-0.15, -0.1) is 0 Å². The minimum atomic E-state index is -0.417. The zero-order chi connectivity index (χ0) is 9.84. The van der Waals surface area contributed by atoms with Crippen molar-refractivity contribution in [1.29, 1.82) is 0 Å². The standard InChI is InChI=1S/C12H16O/c1-4-9(2)11-7-5-6-8-12(11)10(3)13/h5-8,10,13H,2,4H2,1,3H3. The Labute approximate surface area is 79.7 Å². The van der Waals surface area contributed by atoms with E-state index in [1.807, 2.05) is 24.3 Å². The first-order valence-corrected chi connectivity index (χ1v) is 4.62. The number of benzene rings is 1. The van der Waals surface area contributed by atoms with Gasteiger partial charge in [-0.3, -0.25) is 0 Å². The van der Waals surface area contributed by atoms with Crippen molar-refractivity contribution in [3.63, 3.8) is 0 Å². The van der Waals surface area contributed by atoms with E-state index < -0.39 is 6.10 Å². The van der Waals surface area contributed by atoms with Crippen molar-refractivity contribution < 1.29 is 5.11 Å². The second-order valence-corrected chi connectivity index (χ2v) is 3.22. The summed E-state index contributed by atoms with van der Waals surface area (Å²) in [6.07, 6.45) is 0.503. The lowest BCUT2D eigenvalue weighted by Gasteiger charge is -2.12. The third-order valence-electron chi connectivity index (χ3n) is 2.22. The molecule has 0 spiro atoms. The monoisotopic (exact) mass is 176 g/mol. The SMILES string of the molecule is C=C(CC)c1ccccc1C(C)O. The maximum Gasteiger partial charge on any atom is 0.0767 e. The molecule has 0 fully saturated rings. The molecule has 0 radical (unpaired) electrons. The largest absolute Gasteiger partial charge is 0.389 e. The predicted molar refractivity (Wildman–Crippen MR) is 56.4 cm³/mol. The van der Waals surface area contributed by atoms with Gasteiger partial charge in [-0.25, -0.2) is 0 Å². The summed E-state index contributed by atoms with van der Waals surface area (Å²) < 4.78 is 0. The molecular formula is C12H16O. The van der Waals surface area contributed by atoms with Gasteiger partial charge in [0.15, 0.2) is 0 Å². The average Bonchev–Trinajstić information content (AvgIpc) is 2.16. The highest BCUT2D eigenvalue weighted by Crippen LogP contribution is 2.24. The molecule has 1 N–H and O–H groups in total. The molecule has 0 bridgehead atoms. The maximum absolute atomic E-state index is 9.51. The van der Waals surface area contributed by atoms with Gasteiger partial charge in [-0.1, -0.05) is 37.8 Å². The third kappa shape index (κ3) is 2.19. The van der Waals surface area contributed by atoms with Crippen molar-refractivity contribution >= 4 is 5.57 Å². The van der Waals surface area contributed by atoms with E-state index in [1.165, 1.54) is 0 Å². The molecule has 0 aromatic heterocycles. The van der Waals surface area contributed by atoms with E-state index in [0.717, 1.165) is 23.1 Å². The Kier molecular flexibility index (Phi) is 3.26. The summed E-state index contributed by atoms with van der Waals surface area (Å²) >= 11 is 0. The van der Waals surface area contributed by atoms with Gasteiger partial charge in [0.1, 0.15) is 0 Å². The lowest BCUT2D eigenvalue weighted by molar-refractivity contribution is 0.199. The van der Waals surface area contributed by atoms with E-state index in [4.69, 9.17) is 0 Å². The van der Waals surface area contributed by atoms with E-state index in [0.29, 0.717) is 0 Å². The van der Waals surface area contributed by atoms with Gasteiger partial charge in [0.2, 0.25) is 0 Å². The normalized spacial score (nSPS) is 12.5. The molecule has 0 heterocycles. The van der Waals surface area contributed by atoms with E-state index in [1.54, 1.807) is 6.92 Å². The van der Waals surface area contributed by atoms with Crippen LogP contribution in [0.4, 0.5) is 0 Å². The van der Waals surface area contributed by atoms with Gasteiger partial charge in [0.25, 0.3) is 0 Å². The summed E-state index contributed by atoms with van der Waals surface area (Å²) in [6.45, 7) is 7.83. The molecule has 1 unspecified atom stereocenters. The number of rotatable bonds is 3. The molecule has 1 heteroatoms. The minimum Gasteiger partial charge on any atom is -0.389 e. The van der Waals surface area contributed by atoms with E-state index >= 15 is 0 Å². The summed E-state index contributed by atoms with van der Waals surface area (Å²) in [7, 11) is 0. The van der Waals surface area contributed by atoms with Crippen LogP contribution in [0.1, 0.15) is 37.5 Å². The van der Waals surface area contributed by atoms with Crippen molar-refractivity contribution in [3.8, 4) is 0 Å². The second kappa shape index (κ2) is 4.24. The molecule has 1 nitrogen and oxygen atoms in total. The van der Waals surface area contributed by atoms with Crippen LogP contribution < -0.4 is 0 Å². The molecule has 0 aliphatic heterocycles. The summed E-state index contributed by atoms with van der Waals surface area (Å²) in [4.78, 5) is 0. The fraction of sp³-hybridized carbons (Fsp3) is 0.333. The van der Waals surface area contributed by atoms with Crippen LogP contribution in [0.5, 0.6) is 0 Å². The number of aliphatic hydroxyl groups is 1. The van der Waals surface area contributed by atoms with Gasteiger partial charge < -0.3 is 5.11 Å². The molecule has 70 valence electrons. The molecule has 1 aromatic carbocycles. The predicted octanol–water partition coefficient (Wildman–Crippen LogP) is 3.16. The Bertz CT molecular complexity index is 300. The quantitative estimate of drug-likeness (QED) is 0.750. The van der Waals surface area contributed by atoms with Crippen molar-refractivity contribution in [2.24, 2.45) is 0 Å². The molecule has 0 saturated carbocycles. The molecule has 1 atom stereocenters. The van der Waals surface area contributed by atoms with Crippen LogP contribution in [0.25, 0.3) is 5.57 Å². The topological polar surface area (TPSA) is 20.2 Å². The molecule has 0 aliphatic rings. The number of aliphatic hydroxyl groups excluding tert-OH is 1. The highest BCUT2D eigenvalue weighted by atomic mass is 16.3. The highest BCUT2D eigenvalue weighted by molar-refractivity contribution is 5.66. The van der Waals surface area contributed by atoms with Gasteiger partial charge >= 0.3 is 0 Å². The summed E-state index contributed by atoms with van der Waals surface area (Å²) in [5.41, 5.74) is 3.13. The Balaban J connectivity index is 3.12. The van der Waals surface area contributed by atoms with Crippen LogP contribution in [0.2, 0.25) is 0 Å². The summed E-state index contributed by atoms with van der Waals surface area (Å²) in [6, 6.07) is 7.87. The molecule has 0 amide bonds. The van der Waals surface area contributed by atoms with Gasteiger partial charge in [0, 0.05) is 0 Å². The molecular weight excluding hydrogens is 160 g/mol. The summed E-state index contributed by atoms with van der Waals surface area (Å²) in [5, 5.41) is 9.51. The summed E-state index contributed by atoms with van der Waals surface area (Å²) in [5.74, 6) is 0. The number of hydrogen-bond donors (Lipinski definition) is 1. The zero-order valence-electron chi connectivity index (χ0n) is 8.25. The van der Waals surface area contributed by atoms with Crippen LogP contribution in [0.3, 0.4) is 0 Å². The molecule has 1 rings (SSSR count). The third-order valence-corrected chi connectivity index (χ3v) is 2.22. The molecule has 13 heavy (non-hydrogen) atoms. The lowest BCUT2D eigenvalue weighted by Crippen LogP contribution is -1.96. The van der Waals surface area contributed by atoms with Crippen molar-refractivity contribution in [2.45, 2.75) is 26.4 Å². The van der Waals surface area contributed by atoms with Crippen molar-refractivity contribution in [3.05, 3.63) is 42.0 Å². The number of allylic oxidation sites excluding steroid dienone is 1. The van der Waals surface area contributed by atoms with E-state index in [2.05, 4.69) is 13.5 Å². The van der Waals surface area contributed by atoms with Crippen LogP contribution in [-0.4, -0.2) is 5.11 Å². The molecule has 1 aromatic rings. The van der Waals surface area contributed by atoms with Gasteiger partial charge in [-0.05, 0) is 30.0 Å². The lowest BCUT2D eigenvalue weighted by atomic mass is 9.96. The van der Waals surface area contributed by atoms with Crippen molar-refractivity contribution in [1.82, 2.24) is 0 Å². The van der Waals surface area contributed by atoms with Crippen LogP contribution in [0.15, 0.2) is 30.8 Å². The van der Waals surface area contributed by atoms with Gasteiger partial charge in [-0.2, -0.15) is 0 Å².